The van der Waals surface area contributed by atoms with Crippen molar-refractivity contribution in [3.63, 3.8) is 0 Å². The van der Waals surface area contributed by atoms with Gasteiger partial charge in [-0.25, -0.2) is 0 Å². The topological polar surface area (TPSA) is 48.1 Å². The number of pyridine rings is 1. The molecule has 1 aromatic heterocycles. The number of hydrogen-bond acceptors (Lipinski definition) is 3. The van der Waals surface area contributed by atoms with Crippen molar-refractivity contribution < 1.29 is 4.74 Å². The number of aromatic nitrogens is 1. The summed E-state index contributed by atoms with van der Waals surface area (Å²) in [5.41, 5.74) is 13.8. The first kappa shape index (κ1) is 13.8. The van der Waals surface area contributed by atoms with Gasteiger partial charge < -0.3 is 10.5 Å². The van der Waals surface area contributed by atoms with Crippen LogP contribution in [-0.2, 0) is 17.6 Å². The molecule has 4 rings (SSSR count). The fourth-order valence-corrected chi connectivity index (χ4v) is 3.78. The second-order valence-corrected chi connectivity index (χ2v) is 6.37. The van der Waals surface area contributed by atoms with E-state index in [1.54, 1.807) is 0 Å². The first-order valence-electron chi connectivity index (χ1n) is 8.27. The Morgan fingerprint density at radius 3 is 2.82 bits per heavy atom. The quantitative estimate of drug-likeness (QED) is 0.859. The van der Waals surface area contributed by atoms with E-state index in [1.165, 1.54) is 35.2 Å². The maximum absolute atomic E-state index is 6.45. The Bertz CT molecular complexity index is 690. The molecule has 0 amide bonds. The van der Waals surface area contributed by atoms with Gasteiger partial charge in [-0.15, -0.1) is 0 Å². The van der Waals surface area contributed by atoms with Gasteiger partial charge in [0.05, 0.1) is 0 Å². The number of benzene rings is 1. The summed E-state index contributed by atoms with van der Waals surface area (Å²) >= 11 is 0. The van der Waals surface area contributed by atoms with Gasteiger partial charge in [0.2, 0.25) is 0 Å². The zero-order valence-corrected chi connectivity index (χ0v) is 12.8. The molecule has 1 aliphatic carbocycles. The second kappa shape index (κ2) is 5.73. The minimum Gasteiger partial charge on any atom is -0.398 e. The molecule has 2 N–H and O–H groups in total. The molecule has 2 heterocycles. The lowest BCUT2D eigenvalue weighted by Gasteiger charge is -2.22. The molecule has 1 saturated heterocycles. The standard InChI is InChI=1S/C19H22N2O/c20-19-16-3-1-2-13(16)4-5-17(19)15-6-9-21-18(12-15)14-7-10-22-11-8-14/h4-6,9,12,14H,1-3,7-8,10-11,20H2. The molecule has 22 heavy (non-hydrogen) atoms. The predicted octanol–water partition coefficient (Wildman–Crippen LogP) is 3.71. The van der Waals surface area contributed by atoms with Crippen molar-refractivity contribution in [3.05, 3.63) is 47.3 Å². The van der Waals surface area contributed by atoms with Crippen LogP contribution < -0.4 is 5.73 Å². The first-order valence-corrected chi connectivity index (χ1v) is 8.27. The lowest BCUT2D eigenvalue weighted by Crippen LogP contribution is -2.15. The van der Waals surface area contributed by atoms with Crippen LogP contribution in [0.1, 0.15) is 42.0 Å². The number of ether oxygens (including phenoxy) is 1. The molecule has 1 aromatic carbocycles. The highest BCUT2D eigenvalue weighted by molar-refractivity contribution is 5.80. The highest BCUT2D eigenvalue weighted by Crippen LogP contribution is 2.36. The Balaban J connectivity index is 1.71. The third kappa shape index (κ3) is 2.40. The fraction of sp³-hybridized carbons (Fsp3) is 0.421. The summed E-state index contributed by atoms with van der Waals surface area (Å²) in [4.78, 5) is 4.59. The van der Waals surface area contributed by atoms with Crippen molar-refractivity contribution in [1.82, 2.24) is 4.98 Å². The van der Waals surface area contributed by atoms with Gasteiger partial charge in [0.1, 0.15) is 0 Å². The van der Waals surface area contributed by atoms with E-state index >= 15 is 0 Å². The number of nitrogen functional groups attached to an aromatic ring is 1. The molecule has 0 unspecified atom stereocenters. The van der Waals surface area contributed by atoms with Crippen molar-refractivity contribution in [2.24, 2.45) is 0 Å². The van der Waals surface area contributed by atoms with E-state index < -0.39 is 0 Å². The molecule has 3 nitrogen and oxygen atoms in total. The van der Waals surface area contributed by atoms with Crippen LogP contribution in [-0.4, -0.2) is 18.2 Å². The average Bonchev–Trinajstić information content (AvgIpc) is 3.06. The smallest absolute Gasteiger partial charge is 0.0472 e. The van der Waals surface area contributed by atoms with Crippen LogP contribution in [0, 0.1) is 0 Å². The number of aryl methyl sites for hydroxylation is 1. The maximum atomic E-state index is 6.45. The molecular formula is C19H22N2O. The maximum Gasteiger partial charge on any atom is 0.0472 e. The molecule has 1 fully saturated rings. The van der Waals surface area contributed by atoms with Crippen molar-refractivity contribution in [3.8, 4) is 11.1 Å². The minimum absolute atomic E-state index is 0.518. The highest BCUT2D eigenvalue weighted by Gasteiger charge is 2.20. The Kier molecular flexibility index (Phi) is 3.59. The highest BCUT2D eigenvalue weighted by atomic mass is 16.5. The summed E-state index contributed by atoms with van der Waals surface area (Å²) in [6, 6.07) is 8.74. The molecule has 1 aliphatic heterocycles. The predicted molar refractivity (Wildman–Crippen MR) is 88.9 cm³/mol. The van der Waals surface area contributed by atoms with Gasteiger partial charge in [-0.05, 0) is 60.9 Å². The molecule has 0 spiro atoms. The summed E-state index contributed by atoms with van der Waals surface area (Å²) in [5.74, 6) is 0.518. The van der Waals surface area contributed by atoms with Crippen LogP contribution in [0.25, 0.3) is 11.1 Å². The molecule has 0 radical (unpaired) electrons. The second-order valence-electron chi connectivity index (χ2n) is 6.37. The lowest BCUT2D eigenvalue weighted by atomic mass is 9.92. The van der Waals surface area contributed by atoms with Gasteiger partial charge in [-0.3, -0.25) is 4.98 Å². The Hall–Kier alpha value is -1.87. The summed E-state index contributed by atoms with van der Waals surface area (Å²) in [6.45, 7) is 1.69. The molecule has 3 heteroatoms. The van der Waals surface area contributed by atoms with Crippen LogP contribution in [0.5, 0.6) is 0 Å². The molecular weight excluding hydrogens is 272 g/mol. The Labute approximate surface area is 131 Å². The molecule has 114 valence electrons. The zero-order chi connectivity index (χ0) is 14.9. The van der Waals surface area contributed by atoms with Crippen LogP contribution in [0.2, 0.25) is 0 Å². The first-order chi connectivity index (χ1) is 10.8. The van der Waals surface area contributed by atoms with Gasteiger partial charge in [0.25, 0.3) is 0 Å². The van der Waals surface area contributed by atoms with Crippen LogP contribution in [0.4, 0.5) is 5.69 Å². The van der Waals surface area contributed by atoms with Gasteiger partial charge in [0.15, 0.2) is 0 Å². The van der Waals surface area contributed by atoms with Crippen molar-refractivity contribution in [2.45, 2.75) is 38.0 Å². The minimum atomic E-state index is 0.518. The number of anilines is 1. The fourth-order valence-electron chi connectivity index (χ4n) is 3.78. The van der Waals surface area contributed by atoms with E-state index in [0.29, 0.717) is 5.92 Å². The van der Waals surface area contributed by atoms with Crippen LogP contribution >= 0.6 is 0 Å². The lowest BCUT2D eigenvalue weighted by molar-refractivity contribution is 0.0845. The summed E-state index contributed by atoms with van der Waals surface area (Å²) < 4.78 is 5.46. The number of nitrogens with two attached hydrogens (primary N) is 1. The van der Waals surface area contributed by atoms with Crippen molar-refractivity contribution in [2.75, 3.05) is 18.9 Å². The van der Waals surface area contributed by atoms with E-state index in [1.807, 2.05) is 6.20 Å². The van der Waals surface area contributed by atoms with E-state index in [-0.39, 0.29) is 0 Å². The summed E-state index contributed by atoms with van der Waals surface area (Å²) in [7, 11) is 0. The monoisotopic (exact) mass is 294 g/mol. The zero-order valence-electron chi connectivity index (χ0n) is 12.8. The van der Waals surface area contributed by atoms with E-state index in [0.717, 1.165) is 43.7 Å². The van der Waals surface area contributed by atoms with Crippen LogP contribution in [0.3, 0.4) is 0 Å². The molecule has 2 aliphatic rings. The third-order valence-corrected chi connectivity index (χ3v) is 5.06. The van der Waals surface area contributed by atoms with Gasteiger partial charge in [-0.2, -0.15) is 0 Å². The largest absolute Gasteiger partial charge is 0.398 e. The summed E-state index contributed by atoms with van der Waals surface area (Å²) in [5, 5.41) is 0. The molecule has 0 atom stereocenters. The van der Waals surface area contributed by atoms with Crippen molar-refractivity contribution >= 4 is 5.69 Å². The van der Waals surface area contributed by atoms with Gasteiger partial charge in [-0.1, -0.05) is 12.1 Å². The van der Waals surface area contributed by atoms with Gasteiger partial charge in [0, 0.05) is 42.3 Å². The molecule has 0 saturated carbocycles. The van der Waals surface area contributed by atoms with E-state index in [2.05, 4.69) is 29.2 Å². The van der Waals surface area contributed by atoms with Crippen molar-refractivity contribution in [1.29, 1.82) is 0 Å². The van der Waals surface area contributed by atoms with Crippen LogP contribution in [0.15, 0.2) is 30.5 Å². The molecule has 2 aromatic rings. The SMILES string of the molecule is Nc1c(-c2ccnc(C3CCOCC3)c2)ccc2c1CCC2. The van der Waals surface area contributed by atoms with Gasteiger partial charge >= 0.3 is 0 Å². The number of nitrogens with zero attached hydrogens (tertiary/aromatic N) is 1. The summed E-state index contributed by atoms with van der Waals surface area (Å²) in [6.07, 6.45) is 7.57. The Morgan fingerprint density at radius 2 is 1.95 bits per heavy atom. The Morgan fingerprint density at radius 1 is 1.09 bits per heavy atom. The molecule has 0 bridgehead atoms. The third-order valence-electron chi connectivity index (χ3n) is 5.06. The normalized spacial score (nSPS) is 18.4. The van der Waals surface area contributed by atoms with E-state index in [4.69, 9.17) is 10.5 Å². The average molecular weight is 294 g/mol. The number of rotatable bonds is 2. The number of hydrogen-bond donors (Lipinski definition) is 1. The number of fused-ring (bicyclic) bond motifs is 1. The van der Waals surface area contributed by atoms with E-state index in [9.17, 15) is 0 Å².